The molecule has 7 heteroatoms. The van der Waals surface area contributed by atoms with Gasteiger partial charge in [0, 0.05) is 41.2 Å². The smallest absolute Gasteiger partial charge is 0.321 e. The van der Waals surface area contributed by atoms with Gasteiger partial charge < -0.3 is 15.1 Å². The molecule has 3 amide bonds. The number of hydrogen-bond donors (Lipinski definition) is 1. The molecule has 2 atom stereocenters. The Morgan fingerprint density at radius 1 is 1.03 bits per heavy atom. The van der Waals surface area contributed by atoms with E-state index in [9.17, 15) is 9.59 Å². The second-order valence-corrected chi connectivity index (χ2v) is 12.1. The zero-order valence-corrected chi connectivity index (χ0v) is 19.6. The summed E-state index contributed by atoms with van der Waals surface area (Å²) in [5.74, 6) is 1.74. The van der Waals surface area contributed by atoms with Crippen molar-refractivity contribution in [3.63, 3.8) is 0 Å². The number of carbonyl (C=O) groups excluding carboxylic acids is 2. The highest BCUT2D eigenvalue weighted by atomic mass is 79.9. The van der Waals surface area contributed by atoms with Crippen molar-refractivity contribution in [3.05, 3.63) is 29.3 Å². The van der Waals surface area contributed by atoms with Crippen LogP contribution in [0.1, 0.15) is 44.9 Å². The lowest BCUT2D eigenvalue weighted by atomic mass is 9.49. The molecular weight excluding hydrogens is 466 g/mol. The van der Waals surface area contributed by atoms with Gasteiger partial charge in [-0.2, -0.15) is 0 Å². The van der Waals surface area contributed by atoms with E-state index in [1.807, 2.05) is 17.0 Å². The van der Waals surface area contributed by atoms with Gasteiger partial charge in [0.2, 0.25) is 5.91 Å². The summed E-state index contributed by atoms with van der Waals surface area (Å²) < 4.78 is 0.182. The van der Waals surface area contributed by atoms with Gasteiger partial charge in [-0.25, -0.2) is 4.79 Å². The van der Waals surface area contributed by atoms with E-state index in [1.165, 1.54) is 19.3 Å². The lowest BCUT2D eigenvalue weighted by Gasteiger charge is -2.60. The van der Waals surface area contributed by atoms with Crippen LogP contribution in [0.15, 0.2) is 24.3 Å². The van der Waals surface area contributed by atoms with Crippen molar-refractivity contribution in [2.45, 2.75) is 49.3 Å². The number of amides is 3. The Bertz CT molecular complexity index is 849. The van der Waals surface area contributed by atoms with Crippen molar-refractivity contribution in [1.82, 2.24) is 9.80 Å². The molecule has 4 aliphatic carbocycles. The Hall–Kier alpha value is -1.27. The minimum Gasteiger partial charge on any atom is -0.340 e. The molecule has 5 nitrogen and oxygen atoms in total. The van der Waals surface area contributed by atoms with E-state index < -0.39 is 0 Å². The van der Waals surface area contributed by atoms with E-state index in [0.717, 1.165) is 32.2 Å². The van der Waals surface area contributed by atoms with Crippen LogP contribution in [-0.2, 0) is 4.79 Å². The average Bonchev–Trinajstić information content (AvgIpc) is 2.91. The maximum Gasteiger partial charge on any atom is 0.321 e. The van der Waals surface area contributed by atoms with Crippen LogP contribution in [0.25, 0.3) is 0 Å². The molecule has 5 aliphatic rings. The standard InChI is InChI=1S/C23H29BrClN3O2/c24-23-13-16-9-17(14-23)12-22(11-16,15-23)20(29)27-5-2-6-28(8-7-27)21(30)26-19-4-1-3-18(25)10-19/h1,3-4,10,16-17H,2,5-9,11-15H2,(H,26,30). The van der Waals surface area contributed by atoms with E-state index in [0.29, 0.717) is 48.1 Å². The molecular formula is C23H29BrClN3O2. The van der Waals surface area contributed by atoms with E-state index >= 15 is 0 Å². The highest BCUT2D eigenvalue weighted by Gasteiger charge is 2.60. The molecule has 0 radical (unpaired) electrons. The quantitative estimate of drug-likeness (QED) is 0.579. The second-order valence-electron chi connectivity index (χ2n) is 9.97. The zero-order valence-electron chi connectivity index (χ0n) is 17.2. The number of alkyl halides is 1. The minimum absolute atomic E-state index is 0.124. The van der Waals surface area contributed by atoms with Gasteiger partial charge in [0.15, 0.2) is 0 Å². The van der Waals surface area contributed by atoms with E-state index in [-0.39, 0.29) is 15.8 Å². The van der Waals surface area contributed by atoms with Crippen molar-refractivity contribution in [3.8, 4) is 0 Å². The molecule has 0 aromatic heterocycles. The average molecular weight is 495 g/mol. The summed E-state index contributed by atoms with van der Waals surface area (Å²) in [6.45, 7) is 2.59. The SMILES string of the molecule is O=C(Nc1cccc(Cl)c1)N1CCCN(C(=O)C23CC4CC(CC(Br)(C4)C2)C3)CC1. The van der Waals surface area contributed by atoms with E-state index in [4.69, 9.17) is 11.6 Å². The maximum absolute atomic E-state index is 13.7. The first kappa shape index (κ1) is 20.6. The van der Waals surface area contributed by atoms with Crippen LogP contribution >= 0.6 is 27.5 Å². The minimum atomic E-state index is -0.175. The Balaban J connectivity index is 1.24. The van der Waals surface area contributed by atoms with Crippen LogP contribution in [0.4, 0.5) is 10.5 Å². The van der Waals surface area contributed by atoms with Gasteiger partial charge in [0.1, 0.15) is 0 Å². The van der Waals surface area contributed by atoms with Crippen molar-refractivity contribution < 1.29 is 9.59 Å². The first-order chi connectivity index (χ1) is 14.3. The third-order valence-corrected chi connectivity index (χ3v) is 8.75. The van der Waals surface area contributed by atoms with E-state index in [2.05, 4.69) is 26.1 Å². The summed E-state index contributed by atoms with van der Waals surface area (Å²) in [7, 11) is 0. The number of halogens is 2. The van der Waals surface area contributed by atoms with Gasteiger partial charge >= 0.3 is 6.03 Å². The van der Waals surface area contributed by atoms with Gasteiger partial charge in [-0.05, 0) is 75.0 Å². The fraction of sp³-hybridized carbons (Fsp3) is 0.652. The molecule has 30 heavy (non-hydrogen) atoms. The molecule has 2 unspecified atom stereocenters. The molecule has 1 aromatic rings. The number of rotatable bonds is 2. The van der Waals surface area contributed by atoms with Crippen LogP contribution in [0.2, 0.25) is 5.02 Å². The Labute approximate surface area is 191 Å². The largest absolute Gasteiger partial charge is 0.340 e. The Kier molecular flexibility index (Phi) is 5.29. The van der Waals surface area contributed by atoms with Crippen LogP contribution in [0, 0.1) is 17.3 Å². The molecule has 1 aromatic carbocycles. The lowest BCUT2D eigenvalue weighted by molar-refractivity contribution is -0.155. The molecule has 1 saturated heterocycles. The van der Waals surface area contributed by atoms with E-state index in [1.54, 1.807) is 12.1 Å². The molecule has 1 N–H and O–H groups in total. The summed E-state index contributed by atoms with van der Waals surface area (Å²) in [5, 5.41) is 3.53. The van der Waals surface area contributed by atoms with Gasteiger partial charge in [-0.3, -0.25) is 4.79 Å². The number of nitrogens with zero attached hydrogens (tertiary/aromatic N) is 2. The molecule has 1 aliphatic heterocycles. The van der Waals surface area contributed by atoms with Crippen LogP contribution in [0.3, 0.4) is 0 Å². The first-order valence-electron chi connectivity index (χ1n) is 11.1. The van der Waals surface area contributed by atoms with Crippen molar-refractivity contribution in [2.24, 2.45) is 17.3 Å². The number of anilines is 1. The summed E-state index contributed by atoms with van der Waals surface area (Å²) in [4.78, 5) is 30.3. The highest BCUT2D eigenvalue weighted by Crippen LogP contribution is 2.64. The molecule has 1 heterocycles. The van der Waals surface area contributed by atoms with Gasteiger partial charge in [0.05, 0.1) is 5.41 Å². The molecule has 0 spiro atoms. The van der Waals surface area contributed by atoms with Crippen LogP contribution < -0.4 is 5.32 Å². The first-order valence-corrected chi connectivity index (χ1v) is 12.3. The summed E-state index contributed by atoms with van der Waals surface area (Å²) in [6.07, 6.45) is 7.69. The number of nitrogens with one attached hydrogen (secondary N) is 1. The summed E-state index contributed by atoms with van der Waals surface area (Å²) >= 11 is 10.0. The number of benzene rings is 1. The molecule has 6 rings (SSSR count). The zero-order chi connectivity index (χ0) is 20.9. The van der Waals surface area contributed by atoms with Gasteiger partial charge in [-0.1, -0.05) is 33.6 Å². The number of urea groups is 1. The van der Waals surface area contributed by atoms with Crippen molar-refractivity contribution in [2.75, 3.05) is 31.5 Å². The maximum atomic E-state index is 13.7. The number of carbonyl (C=O) groups is 2. The fourth-order valence-electron chi connectivity index (χ4n) is 6.83. The second kappa shape index (κ2) is 7.70. The molecule has 162 valence electrons. The van der Waals surface area contributed by atoms with Crippen molar-refractivity contribution in [1.29, 1.82) is 0 Å². The van der Waals surface area contributed by atoms with Gasteiger partial charge in [-0.15, -0.1) is 0 Å². The number of hydrogen-bond acceptors (Lipinski definition) is 2. The lowest BCUT2D eigenvalue weighted by Crippen LogP contribution is -2.59. The Morgan fingerprint density at radius 2 is 1.73 bits per heavy atom. The van der Waals surface area contributed by atoms with Gasteiger partial charge in [0.25, 0.3) is 0 Å². The molecule has 5 fully saturated rings. The predicted octanol–water partition coefficient (Wildman–Crippen LogP) is 5.14. The third-order valence-electron chi connectivity index (χ3n) is 7.59. The summed E-state index contributed by atoms with van der Waals surface area (Å²) in [5.41, 5.74) is 0.520. The normalized spacial score (nSPS) is 35.3. The predicted molar refractivity (Wildman–Crippen MR) is 122 cm³/mol. The van der Waals surface area contributed by atoms with Crippen molar-refractivity contribution >= 4 is 45.2 Å². The monoisotopic (exact) mass is 493 g/mol. The third kappa shape index (κ3) is 3.86. The topological polar surface area (TPSA) is 52.7 Å². The van der Waals surface area contributed by atoms with Crippen LogP contribution in [-0.4, -0.2) is 52.2 Å². The summed E-state index contributed by atoms with van der Waals surface area (Å²) in [6, 6.07) is 7.06. The molecule has 4 bridgehead atoms. The molecule has 4 saturated carbocycles. The highest BCUT2D eigenvalue weighted by molar-refractivity contribution is 9.10. The fourth-order valence-corrected chi connectivity index (χ4v) is 8.47. The van der Waals surface area contributed by atoms with Crippen LogP contribution in [0.5, 0.6) is 0 Å². The Morgan fingerprint density at radius 3 is 2.43 bits per heavy atom.